The Kier molecular flexibility index (Phi) is 13.4. The predicted octanol–water partition coefficient (Wildman–Crippen LogP) is 2.54. The van der Waals surface area contributed by atoms with Crippen LogP contribution in [-0.4, -0.2) is 44.5 Å². The van der Waals surface area contributed by atoms with E-state index in [4.69, 9.17) is 14.6 Å². The standard InChI is InChI=1S/C17H29N3O3.HI/c1-4-6-9-19-17(18-5-2)20-13-14-7-8-15(23-11-10-21)16(12-14)22-3;/h7-8,12,21H,4-6,9-11,13H2,1-3H3,(H2,18,19,20);1H. The van der Waals surface area contributed by atoms with Gasteiger partial charge in [0.15, 0.2) is 17.5 Å². The van der Waals surface area contributed by atoms with Crippen molar-refractivity contribution in [2.45, 2.75) is 33.2 Å². The second kappa shape index (κ2) is 14.2. The lowest BCUT2D eigenvalue weighted by Gasteiger charge is -2.12. The molecule has 3 N–H and O–H groups in total. The molecule has 6 nitrogen and oxygen atoms in total. The van der Waals surface area contributed by atoms with Crippen LogP contribution in [0.15, 0.2) is 23.2 Å². The number of aliphatic imine (C=N–C) groups is 1. The van der Waals surface area contributed by atoms with Gasteiger partial charge < -0.3 is 25.2 Å². The summed E-state index contributed by atoms with van der Waals surface area (Å²) < 4.78 is 10.8. The highest BCUT2D eigenvalue weighted by molar-refractivity contribution is 14.0. The Labute approximate surface area is 162 Å². The fraction of sp³-hybridized carbons (Fsp3) is 0.588. The van der Waals surface area contributed by atoms with Gasteiger partial charge in [-0.3, -0.25) is 0 Å². The van der Waals surface area contributed by atoms with E-state index in [2.05, 4.69) is 22.5 Å². The monoisotopic (exact) mass is 451 g/mol. The maximum absolute atomic E-state index is 8.83. The van der Waals surface area contributed by atoms with Crippen molar-refractivity contribution in [3.8, 4) is 11.5 Å². The van der Waals surface area contributed by atoms with Gasteiger partial charge in [-0.15, -0.1) is 24.0 Å². The van der Waals surface area contributed by atoms with Gasteiger partial charge in [0.25, 0.3) is 0 Å². The van der Waals surface area contributed by atoms with E-state index in [1.54, 1.807) is 7.11 Å². The Hall–Kier alpha value is -1.22. The molecule has 0 fully saturated rings. The number of hydrogen-bond donors (Lipinski definition) is 3. The van der Waals surface area contributed by atoms with Crippen LogP contribution >= 0.6 is 24.0 Å². The molecule has 0 amide bonds. The van der Waals surface area contributed by atoms with Crippen LogP contribution in [-0.2, 0) is 6.54 Å². The summed E-state index contributed by atoms with van der Waals surface area (Å²) in [6, 6.07) is 5.71. The lowest BCUT2D eigenvalue weighted by Crippen LogP contribution is -2.37. The third-order valence-electron chi connectivity index (χ3n) is 3.16. The van der Waals surface area contributed by atoms with Crippen LogP contribution in [0.1, 0.15) is 32.3 Å². The highest BCUT2D eigenvalue weighted by atomic mass is 127. The minimum Gasteiger partial charge on any atom is -0.493 e. The predicted molar refractivity (Wildman–Crippen MR) is 109 cm³/mol. The maximum Gasteiger partial charge on any atom is 0.191 e. The van der Waals surface area contributed by atoms with E-state index in [0.717, 1.165) is 37.5 Å². The number of benzene rings is 1. The number of unbranched alkanes of at least 4 members (excludes halogenated alkanes) is 1. The Morgan fingerprint density at radius 2 is 2.00 bits per heavy atom. The summed E-state index contributed by atoms with van der Waals surface area (Å²) in [6.07, 6.45) is 2.27. The lowest BCUT2D eigenvalue weighted by molar-refractivity contribution is 0.196. The first-order valence-electron chi connectivity index (χ1n) is 8.17. The molecule has 0 aliphatic rings. The molecule has 24 heavy (non-hydrogen) atoms. The number of hydrogen-bond acceptors (Lipinski definition) is 4. The molecule has 0 aromatic heterocycles. The van der Waals surface area contributed by atoms with Crippen molar-refractivity contribution in [3.63, 3.8) is 0 Å². The molecule has 0 saturated heterocycles. The van der Waals surface area contributed by atoms with Crippen LogP contribution in [0.4, 0.5) is 0 Å². The first-order chi connectivity index (χ1) is 11.2. The van der Waals surface area contributed by atoms with Crippen molar-refractivity contribution in [1.29, 1.82) is 0 Å². The fourth-order valence-corrected chi connectivity index (χ4v) is 1.98. The summed E-state index contributed by atoms with van der Waals surface area (Å²) in [7, 11) is 1.60. The zero-order valence-electron chi connectivity index (χ0n) is 14.8. The molecule has 1 aromatic rings. The van der Waals surface area contributed by atoms with E-state index in [1.807, 2.05) is 25.1 Å². The molecule has 0 radical (unpaired) electrons. The van der Waals surface area contributed by atoms with E-state index < -0.39 is 0 Å². The van der Waals surface area contributed by atoms with E-state index >= 15 is 0 Å². The topological polar surface area (TPSA) is 75.1 Å². The number of ether oxygens (including phenoxy) is 2. The molecule has 1 rings (SSSR count). The summed E-state index contributed by atoms with van der Waals surface area (Å²) >= 11 is 0. The summed E-state index contributed by atoms with van der Waals surface area (Å²) in [5.41, 5.74) is 1.03. The zero-order valence-corrected chi connectivity index (χ0v) is 17.1. The van der Waals surface area contributed by atoms with E-state index in [9.17, 15) is 0 Å². The van der Waals surface area contributed by atoms with Crippen molar-refractivity contribution < 1.29 is 14.6 Å². The van der Waals surface area contributed by atoms with E-state index in [-0.39, 0.29) is 37.2 Å². The Morgan fingerprint density at radius 3 is 2.62 bits per heavy atom. The molecular formula is C17H30IN3O3. The average molecular weight is 451 g/mol. The quantitative estimate of drug-likeness (QED) is 0.221. The number of aliphatic hydroxyl groups is 1. The van der Waals surface area contributed by atoms with Crippen LogP contribution in [0, 0.1) is 0 Å². The van der Waals surface area contributed by atoms with Crippen LogP contribution in [0.2, 0.25) is 0 Å². The number of halogens is 1. The molecule has 0 spiro atoms. The second-order valence-corrected chi connectivity index (χ2v) is 5.03. The molecule has 1 aromatic carbocycles. The number of aliphatic hydroxyl groups excluding tert-OH is 1. The van der Waals surface area contributed by atoms with Crippen LogP contribution in [0.25, 0.3) is 0 Å². The van der Waals surface area contributed by atoms with E-state index in [1.165, 1.54) is 0 Å². The molecule has 0 atom stereocenters. The Morgan fingerprint density at radius 1 is 1.21 bits per heavy atom. The van der Waals surface area contributed by atoms with Crippen molar-refractivity contribution >= 4 is 29.9 Å². The molecule has 0 unspecified atom stereocenters. The third-order valence-corrected chi connectivity index (χ3v) is 3.16. The fourth-order valence-electron chi connectivity index (χ4n) is 1.98. The van der Waals surface area contributed by atoms with Gasteiger partial charge in [-0.25, -0.2) is 4.99 Å². The molecule has 0 saturated carbocycles. The van der Waals surface area contributed by atoms with E-state index in [0.29, 0.717) is 18.0 Å². The number of rotatable bonds is 10. The number of nitrogens with one attached hydrogen (secondary N) is 2. The largest absolute Gasteiger partial charge is 0.493 e. The minimum atomic E-state index is -0.0231. The lowest BCUT2D eigenvalue weighted by atomic mass is 10.2. The number of methoxy groups -OCH3 is 1. The molecule has 0 heterocycles. The van der Waals surface area contributed by atoms with Crippen molar-refractivity contribution in [2.24, 2.45) is 4.99 Å². The van der Waals surface area contributed by atoms with Crippen molar-refractivity contribution in [1.82, 2.24) is 10.6 Å². The molecule has 7 heteroatoms. The van der Waals surface area contributed by atoms with Gasteiger partial charge >= 0.3 is 0 Å². The average Bonchev–Trinajstić information content (AvgIpc) is 2.58. The second-order valence-electron chi connectivity index (χ2n) is 5.03. The molecule has 0 aliphatic heterocycles. The number of guanidine groups is 1. The van der Waals surface area contributed by atoms with Crippen LogP contribution < -0.4 is 20.1 Å². The SMILES string of the molecule is CCCCNC(=NCc1ccc(OCCO)c(OC)c1)NCC.I. The van der Waals surface area contributed by atoms with Crippen molar-refractivity contribution in [2.75, 3.05) is 33.4 Å². The first kappa shape index (κ1) is 22.8. The van der Waals surface area contributed by atoms with Crippen LogP contribution in [0.3, 0.4) is 0 Å². The smallest absolute Gasteiger partial charge is 0.191 e. The number of nitrogens with zero attached hydrogens (tertiary/aromatic N) is 1. The Balaban J connectivity index is 0.00000529. The first-order valence-corrected chi connectivity index (χ1v) is 8.17. The van der Waals surface area contributed by atoms with Gasteiger partial charge in [0.2, 0.25) is 0 Å². The zero-order chi connectivity index (χ0) is 16.9. The minimum absolute atomic E-state index is 0. The highest BCUT2D eigenvalue weighted by Gasteiger charge is 2.06. The summed E-state index contributed by atoms with van der Waals surface area (Å²) in [5, 5.41) is 15.4. The molecule has 138 valence electrons. The van der Waals surface area contributed by atoms with Crippen LogP contribution in [0.5, 0.6) is 11.5 Å². The van der Waals surface area contributed by atoms with Gasteiger partial charge in [0.05, 0.1) is 20.3 Å². The van der Waals surface area contributed by atoms with Crippen molar-refractivity contribution in [3.05, 3.63) is 23.8 Å². The summed E-state index contributed by atoms with van der Waals surface area (Å²) in [6.45, 7) is 6.74. The van der Waals surface area contributed by atoms with Gasteiger partial charge in [-0.05, 0) is 31.0 Å². The van der Waals surface area contributed by atoms with Gasteiger partial charge in [0.1, 0.15) is 6.61 Å². The molecule has 0 bridgehead atoms. The normalized spacial score (nSPS) is 10.8. The molecular weight excluding hydrogens is 421 g/mol. The van der Waals surface area contributed by atoms with Gasteiger partial charge in [-0.1, -0.05) is 19.4 Å². The van der Waals surface area contributed by atoms with Gasteiger partial charge in [0, 0.05) is 13.1 Å². The Bertz CT molecular complexity index is 484. The molecule has 0 aliphatic carbocycles. The van der Waals surface area contributed by atoms with Gasteiger partial charge in [-0.2, -0.15) is 0 Å². The maximum atomic E-state index is 8.83. The summed E-state index contributed by atoms with van der Waals surface area (Å²) in [4.78, 5) is 4.58. The summed E-state index contributed by atoms with van der Waals surface area (Å²) in [5.74, 6) is 2.10. The third kappa shape index (κ3) is 8.58. The highest BCUT2D eigenvalue weighted by Crippen LogP contribution is 2.28.